The smallest absolute Gasteiger partial charge is 0.348 e. The molecule has 3 rings (SSSR count). The van der Waals surface area contributed by atoms with Crippen molar-refractivity contribution in [3.05, 3.63) is 58.0 Å². The molecule has 1 unspecified atom stereocenters. The average Bonchev–Trinajstić information content (AvgIpc) is 3.38. The van der Waals surface area contributed by atoms with Crippen molar-refractivity contribution in [1.29, 1.82) is 0 Å². The van der Waals surface area contributed by atoms with Gasteiger partial charge in [0.15, 0.2) is 0 Å². The first-order valence-corrected chi connectivity index (χ1v) is 9.84. The fourth-order valence-electron chi connectivity index (χ4n) is 3.44. The third-order valence-electron chi connectivity index (χ3n) is 4.97. The second-order valence-corrected chi connectivity index (χ2v) is 7.01. The molecule has 0 radical (unpaired) electrons. The zero-order valence-corrected chi connectivity index (χ0v) is 16.1. The molecule has 2 aromatic rings. The van der Waals surface area contributed by atoms with E-state index in [9.17, 15) is 14.4 Å². The zero-order chi connectivity index (χ0) is 19.9. The van der Waals surface area contributed by atoms with Crippen LogP contribution in [0.1, 0.15) is 60.9 Å². The van der Waals surface area contributed by atoms with E-state index in [-0.39, 0.29) is 18.0 Å². The predicted octanol–water partition coefficient (Wildman–Crippen LogP) is 2.89. The van der Waals surface area contributed by atoms with Crippen molar-refractivity contribution >= 4 is 11.8 Å². The van der Waals surface area contributed by atoms with Crippen molar-refractivity contribution in [3.63, 3.8) is 0 Å². The van der Waals surface area contributed by atoms with Gasteiger partial charge >= 0.3 is 5.63 Å². The lowest BCUT2D eigenvalue weighted by atomic mass is 10.1. The monoisotopic (exact) mass is 386 g/mol. The quantitative estimate of drug-likeness (QED) is 0.704. The third-order valence-corrected chi connectivity index (χ3v) is 4.97. The molecule has 1 N–H and O–H groups in total. The molecule has 0 bridgehead atoms. The van der Waals surface area contributed by atoms with Crippen molar-refractivity contribution in [3.8, 4) is 0 Å². The van der Waals surface area contributed by atoms with Crippen LogP contribution in [0.2, 0.25) is 0 Å². The van der Waals surface area contributed by atoms with Gasteiger partial charge in [-0.2, -0.15) is 0 Å². The van der Waals surface area contributed by atoms with Gasteiger partial charge in [0.1, 0.15) is 23.1 Å². The normalized spacial score (nSPS) is 16.3. The van der Waals surface area contributed by atoms with Crippen LogP contribution in [0.25, 0.3) is 0 Å². The second kappa shape index (κ2) is 9.39. The average molecular weight is 386 g/mol. The number of rotatable bonds is 8. The maximum atomic E-state index is 12.9. The maximum absolute atomic E-state index is 12.9. The maximum Gasteiger partial charge on any atom is 0.348 e. The molecule has 7 nitrogen and oxygen atoms in total. The SMILES string of the molecule is CCCCCc1ccc(C(=O)N2CCCC2C(=O)NCc2ccco2)c(=O)o1. The number of carbonyl (C=O) groups excluding carboxylic acids is 2. The fourth-order valence-corrected chi connectivity index (χ4v) is 3.44. The topological polar surface area (TPSA) is 92.8 Å². The van der Waals surface area contributed by atoms with E-state index >= 15 is 0 Å². The Morgan fingerprint density at radius 1 is 1.21 bits per heavy atom. The summed E-state index contributed by atoms with van der Waals surface area (Å²) in [5.41, 5.74) is -0.661. The van der Waals surface area contributed by atoms with Gasteiger partial charge < -0.3 is 19.1 Å². The summed E-state index contributed by atoms with van der Waals surface area (Å²) in [5, 5.41) is 2.79. The second-order valence-electron chi connectivity index (χ2n) is 7.01. The predicted molar refractivity (Wildman–Crippen MR) is 103 cm³/mol. The number of nitrogens with one attached hydrogen (secondary N) is 1. The summed E-state index contributed by atoms with van der Waals surface area (Å²) >= 11 is 0. The summed E-state index contributed by atoms with van der Waals surface area (Å²) in [4.78, 5) is 39.1. The van der Waals surface area contributed by atoms with Gasteiger partial charge in [-0.1, -0.05) is 19.8 Å². The number of furan rings is 1. The van der Waals surface area contributed by atoms with E-state index in [4.69, 9.17) is 8.83 Å². The van der Waals surface area contributed by atoms with Crippen LogP contribution in [0.4, 0.5) is 0 Å². The fraction of sp³-hybridized carbons (Fsp3) is 0.476. The number of hydrogen-bond acceptors (Lipinski definition) is 5. The van der Waals surface area contributed by atoms with Crippen LogP contribution in [-0.2, 0) is 17.8 Å². The van der Waals surface area contributed by atoms with Crippen molar-refractivity contribution in [1.82, 2.24) is 10.2 Å². The molecule has 1 saturated heterocycles. The molecule has 2 amide bonds. The largest absolute Gasteiger partial charge is 0.467 e. The minimum absolute atomic E-state index is 0.0232. The van der Waals surface area contributed by atoms with E-state index in [0.29, 0.717) is 37.3 Å². The highest BCUT2D eigenvalue weighted by atomic mass is 16.4. The first kappa shape index (κ1) is 19.9. The van der Waals surface area contributed by atoms with E-state index in [1.165, 1.54) is 17.2 Å². The summed E-state index contributed by atoms with van der Waals surface area (Å²) in [7, 11) is 0. The van der Waals surface area contributed by atoms with Crippen molar-refractivity contribution in [2.24, 2.45) is 0 Å². The molecule has 28 heavy (non-hydrogen) atoms. The summed E-state index contributed by atoms with van der Waals surface area (Å²) < 4.78 is 10.5. The minimum atomic E-state index is -0.638. The molecule has 1 aliphatic heterocycles. The number of aryl methyl sites for hydroxylation is 1. The molecule has 1 atom stereocenters. The van der Waals surface area contributed by atoms with Crippen LogP contribution in [0.5, 0.6) is 0 Å². The highest BCUT2D eigenvalue weighted by Crippen LogP contribution is 2.20. The van der Waals surface area contributed by atoms with E-state index in [1.807, 2.05) is 0 Å². The Bertz CT molecular complexity index is 856. The summed E-state index contributed by atoms with van der Waals surface area (Å²) in [5.74, 6) is 0.528. The van der Waals surface area contributed by atoms with Crippen molar-refractivity contribution < 1.29 is 18.4 Å². The highest BCUT2D eigenvalue weighted by Gasteiger charge is 2.35. The lowest BCUT2D eigenvalue weighted by molar-refractivity contribution is -0.125. The Balaban J connectivity index is 1.65. The van der Waals surface area contributed by atoms with E-state index in [1.54, 1.807) is 18.2 Å². The molecular weight excluding hydrogens is 360 g/mol. The van der Waals surface area contributed by atoms with Crippen LogP contribution < -0.4 is 10.9 Å². The number of nitrogens with zero attached hydrogens (tertiary/aromatic N) is 1. The molecule has 2 aromatic heterocycles. The van der Waals surface area contributed by atoms with E-state index in [2.05, 4.69) is 12.2 Å². The molecule has 3 heterocycles. The summed E-state index contributed by atoms with van der Waals surface area (Å²) in [6, 6.07) is 6.13. The Kier molecular flexibility index (Phi) is 6.68. The number of unbranched alkanes of at least 4 members (excludes halogenated alkanes) is 2. The third kappa shape index (κ3) is 4.71. The lowest BCUT2D eigenvalue weighted by Crippen LogP contribution is -2.46. The van der Waals surface area contributed by atoms with Gasteiger partial charge in [0, 0.05) is 13.0 Å². The number of amides is 2. The summed E-state index contributed by atoms with van der Waals surface area (Å²) in [6.07, 6.45) is 6.58. The van der Waals surface area contributed by atoms with Crippen LogP contribution in [0.3, 0.4) is 0 Å². The van der Waals surface area contributed by atoms with Crippen LogP contribution >= 0.6 is 0 Å². The van der Waals surface area contributed by atoms with Crippen LogP contribution in [0.15, 0.2) is 44.2 Å². The van der Waals surface area contributed by atoms with E-state index < -0.39 is 17.6 Å². The van der Waals surface area contributed by atoms with Crippen LogP contribution in [0, 0.1) is 0 Å². The van der Waals surface area contributed by atoms with Gasteiger partial charge in [0.05, 0.1) is 12.8 Å². The molecule has 0 aliphatic carbocycles. The molecule has 0 aromatic carbocycles. The molecule has 0 saturated carbocycles. The Hall–Kier alpha value is -2.83. The van der Waals surface area contributed by atoms with Gasteiger partial charge in [-0.25, -0.2) is 4.79 Å². The molecule has 0 spiro atoms. The molecular formula is C21H26N2O5. The number of hydrogen-bond donors (Lipinski definition) is 1. The van der Waals surface area contributed by atoms with Gasteiger partial charge in [-0.15, -0.1) is 0 Å². The Morgan fingerprint density at radius 2 is 2.07 bits per heavy atom. The van der Waals surface area contributed by atoms with Gasteiger partial charge in [-0.3, -0.25) is 9.59 Å². The number of carbonyl (C=O) groups is 2. The molecule has 150 valence electrons. The van der Waals surface area contributed by atoms with Gasteiger partial charge in [-0.05, 0) is 43.5 Å². The number of likely N-dealkylation sites (tertiary alicyclic amines) is 1. The zero-order valence-electron chi connectivity index (χ0n) is 16.1. The Morgan fingerprint density at radius 3 is 2.79 bits per heavy atom. The van der Waals surface area contributed by atoms with Gasteiger partial charge in [0.25, 0.3) is 5.91 Å². The first-order valence-electron chi connectivity index (χ1n) is 9.84. The van der Waals surface area contributed by atoms with Crippen LogP contribution in [-0.4, -0.2) is 29.3 Å². The minimum Gasteiger partial charge on any atom is -0.467 e. The highest BCUT2D eigenvalue weighted by molar-refractivity contribution is 5.97. The Labute approximate surface area is 163 Å². The van der Waals surface area contributed by atoms with Crippen molar-refractivity contribution in [2.45, 2.75) is 58.0 Å². The van der Waals surface area contributed by atoms with E-state index in [0.717, 1.165) is 19.3 Å². The molecule has 1 aliphatic rings. The van der Waals surface area contributed by atoms with Crippen molar-refractivity contribution in [2.75, 3.05) is 6.54 Å². The first-order chi connectivity index (χ1) is 13.6. The summed E-state index contributed by atoms with van der Waals surface area (Å²) in [6.45, 7) is 2.81. The lowest BCUT2D eigenvalue weighted by Gasteiger charge is -2.23. The standard InChI is InChI=1S/C21H26N2O5/c1-2-3-4-7-15-10-11-17(21(26)28-15)20(25)23-12-5-9-18(23)19(24)22-14-16-8-6-13-27-16/h6,8,10-11,13,18H,2-5,7,9,12,14H2,1H3,(H,22,24). The molecule has 1 fully saturated rings. The molecule has 7 heteroatoms. The van der Waals surface area contributed by atoms with Gasteiger partial charge in [0.2, 0.25) is 5.91 Å².